The number of rotatable bonds is 6. The molecule has 0 aromatic heterocycles. The van der Waals surface area contributed by atoms with Crippen LogP contribution in [0.3, 0.4) is 0 Å². The lowest BCUT2D eigenvalue weighted by Gasteiger charge is -2.09. The van der Waals surface area contributed by atoms with Crippen molar-refractivity contribution in [1.29, 1.82) is 5.26 Å². The molecule has 126 valence electrons. The number of ether oxygens (including phenoxy) is 1. The maximum atomic E-state index is 11.9. The van der Waals surface area contributed by atoms with E-state index in [4.69, 9.17) is 20.2 Å². The molecule has 0 atom stereocenters. The Hall–Kier alpha value is -3.79. The number of aliphatic carboxylic acids is 1. The Morgan fingerprint density at radius 3 is 2.56 bits per heavy atom. The van der Waals surface area contributed by atoms with Crippen molar-refractivity contribution < 1.29 is 29.6 Å². The van der Waals surface area contributed by atoms with Gasteiger partial charge in [-0.3, -0.25) is 4.79 Å². The van der Waals surface area contributed by atoms with E-state index in [9.17, 15) is 14.7 Å². The van der Waals surface area contributed by atoms with Crippen molar-refractivity contribution in [3.05, 3.63) is 71.0 Å². The number of aliphatic hydroxyl groups is 1. The van der Waals surface area contributed by atoms with Crippen LogP contribution in [0.5, 0.6) is 11.5 Å². The highest BCUT2D eigenvalue weighted by Crippen LogP contribution is 2.24. The fraction of sp³-hybridized carbons (Fsp3) is 0.0556. The number of carboxylic acid groups (broad SMARTS) is 1. The Labute approximate surface area is 142 Å². The standard InChI is InChI=1S/C18H13NO6/c19-9-11-3-1-2-4-12(11)10-25-15-6-13(5-14(20)7-15)16(21)8-17(22)18(23)24/h1-8,20,22H,10H2,(H,23,24)/b17-8+. The molecule has 0 bridgehead atoms. The predicted octanol–water partition coefficient (Wildman–Crippen LogP) is 2.55. The van der Waals surface area contributed by atoms with E-state index in [2.05, 4.69) is 0 Å². The summed E-state index contributed by atoms with van der Waals surface area (Å²) < 4.78 is 5.50. The highest BCUT2D eigenvalue weighted by atomic mass is 16.5. The van der Waals surface area contributed by atoms with E-state index in [1.54, 1.807) is 24.3 Å². The summed E-state index contributed by atoms with van der Waals surface area (Å²) in [4.78, 5) is 22.5. The first-order valence-electron chi connectivity index (χ1n) is 7.04. The van der Waals surface area contributed by atoms with E-state index in [0.717, 1.165) is 6.07 Å². The van der Waals surface area contributed by atoms with Gasteiger partial charge in [-0.2, -0.15) is 5.26 Å². The van der Waals surface area contributed by atoms with Gasteiger partial charge in [0.15, 0.2) is 5.78 Å². The smallest absolute Gasteiger partial charge is 0.371 e. The first-order valence-corrected chi connectivity index (χ1v) is 7.04. The number of carboxylic acids is 1. The summed E-state index contributed by atoms with van der Waals surface area (Å²) in [6.45, 7) is 0.0387. The number of hydrogen-bond donors (Lipinski definition) is 3. The van der Waals surface area contributed by atoms with Crippen molar-refractivity contribution in [2.75, 3.05) is 0 Å². The summed E-state index contributed by atoms with van der Waals surface area (Å²) in [6, 6.07) is 12.5. The molecule has 0 unspecified atom stereocenters. The SMILES string of the molecule is N#Cc1ccccc1COc1cc(O)cc(C(=O)/C=C(/O)C(=O)O)c1. The molecule has 0 aliphatic rings. The van der Waals surface area contributed by atoms with Gasteiger partial charge in [-0.15, -0.1) is 0 Å². The molecular weight excluding hydrogens is 326 g/mol. The van der Waals surface area contributed by atoms with Crippen molar-refractivity contribution in [2.24, 2.45) is 0 Å². The number of phenols is 1. The summed E-state index contributed by atoms with van der Waals surface area (Å²) in [7, 11) is 0. The number of ketones is 1. The first-order chi connectivity index (χ1) is 11.9. The number of carbonyl (C=O) groups excluding carboxylic acids is 1. The molecule has 2 aromatic rings. The zero-order valence-electron chi connectivity index (χ0n) is 12.8. The number of aliphatic hydroxyl groups excluding tert-OH is 1. The highest BCUT2D eigenvalue weighted by Gasteiger charge is 2.12. The van der Waals surface area contributed by atoms with Crippen LogP contribution in [0.4, 0.5) is 0 Å². The topological polar surface area (TPSA) is 128 Å². The van der Waals surface area contributed by atoms with Crippen LogP contribution in [-0.4, -0.2) is 27.1 Å². The monoisotopic (exact) mass is 339 g/mol. The third-order valence-electron chi connectivity index (χ3n) is 3.19. The molecule has 0 aliphatic heterocycles. The van der Waals surface area contributed by atoms with E-state index in [1.807, 2.05) is 6.07 Å². The molecular formula is C18H13NO6. The largest absolute Gasteiger partial charge is 0.508 e. The molecule has 25 heavy (non-hydrogen) atoms. The lowest BCUT2D eigenvalue weighted by Crippen LogP contribution is -2.04. The van der Waals surface area contributed by atoms with E-state index < -0.39 is 17.5 Å². The zero-order valence-corrected chi connectivity index (χ0v) is 12.8. The Morgan fingerprint density at radius 1 is 1.16 bits per heavy atom. The van der Waals surface area contributed by atoms with Gasteiger partial charge in [0, 0.05) is 23.3 Å². The average Bonchev–Trinajstić information content (AvgIpc) is 2.59. The van der Waals surface area contributed by atoms with Gasteiger partial charge in [-0.05, 0) is 18.2 Å². The van der Waals surface area contributed by atoms with Crippen molar-refractivity contribution in [3.63, 3.8) is 0 Å². The minimum absolute atomic E-state index is 0.0387. The number of phenolic OH excluding ortho intramolecular Hbond substituents is 1. The van der Waals surface area contributed by atoms with E-state index in [0.29, 0.717) is 17.2 Å². The van der Waals surface area contributed by atoms with E-state index in [-0.39, 0.29) is 23.7 Å². The second kappa shape index (κ2) is 7.66. The minimum atomic E-state index is -1.64. The molecule has 2 rings (SSSR count). The normalized spacial score (nSPS) is 10.8. The number of allylic oxidation sites excluding steroid dienone is 1. The summed E-state index contributed by atoms with van der Waals surface area (Å²) in [6.07, 6.45) is 0.534. The second-order valence-electron chi connectivity index (χ2n) is 4.97. The van der Waals surface area contributed by atoms with E-state index >= 15 is 0 Å². The van der Waals surface area contributed by atoms with Gasteiger partial charge >= 0.3 is 5.97 Å². The lowest BCUT2D eigenvalue weighted by atomic mass is 10.1. The second-order valence-corrected chi connectivity index (χ2v) is 4.97. The van der Waals surface area contributed by atoms with E-state index in [1.165, 1.54) is 12.1 Å². The summed E-state index contributed by atoms with van der Waals surface area (Å²) >= 11 is 0. The number of nitriles is 1. The molecule has 0 saturated heterocycles. The van der Waals surface area contributed by atoms with Crippen LogP contribution in [0.2, 0.25) is 0 Å². The lowest BCUT2D eigenvalue weighted by molar-refractivity contribution is -0.135. The van der Waals surface area contributed by atoms with Gasteiger partial charge in [-0.1, -0.05) is 18.2 Å². The summed E-state index contributed by atoms with van der Waals surface area (Å²) in [5.74, 6) is -3.67. The predicted molar refractivity (Wildman–Crippen MR) is 86.3 cm³/mol. The third-order valence-corrected chi connectivity index (χ3v) is 3.19. The molecule has 0 fully saturated rings. The molecule has 3 N–H and O–H groups in total. The highest BCUT2D eigenvalue weighted by molar-refractivity contribution is 6.08. The van der Waals surface area contributed by atoms with Crippen molar-refractivity contribution in [1.82, 2.24) is 0 Å². The minimum Gasteiger partial charge on any atom is -0.508 e. The fourth-order valence-corrected chi connectivity index (χ4v) is 1.99. The molecule has 2 aromatic carbocycles. The van der Waals surface area contributed by atoms with Crippen molar-refractivity contribution in [2.45, 2.75) is 6.61 Å². The number of aromatic hydroxyl groups is 1. The van der Waals surface area contributed by atoms with Gasteiger partial charge in [0.2, 0.25) is 5.76 Å². The first kappa shape index (κ1) is 17.6. The number of nitrogens with zero attached hydrogens (tertiary/aromatic N) is 1. The maximum Gasteiger partial charge on any atom is 0.371 e. The number of benzene rings is 2. The zero-order chi connectivity index (χ0) is 18.4. The molecule has 0 amide bonds. The van der Waals surface area contributed by atoms with Crippen molar-refractivity contribution >= 4 is 11.8 Å². The molecule has 0 radical (unpaired) electrons. The fourth-order valence-electron chi connectivity index (χ4n) is 1.99. The molecule has 0 spiro atoms. The Bertz CT molecular complexity index is 895. The molecule has 0 saturated carbocycles. The molecule has 7 nitrogen and oxygen atoms in total. The van der Waals surface area contributed by atoms with Crippen LogP contribution in [0.1, 0.15) is 21.5 Å². The average molecular weight is 339 g/mol. The van der Waals surface area contributed by atoms with Crippen LogP contribution in [-0.2, 0) is 11.4 Å². The molecule has 0 heterocycles. The van der Waals surface area contributed by atoms with Gasteiger partial charge < -0.3 is 20.1 Å². The van der Waals surface area contributed by atoms with Crippen LogP contribution in [0.15, 0.2) is 54.3 Å². The molecule has 7 heteroatoms. The number of carbonyl (C=O) groups is 2. The quantitative estimate of drug-likeness (QED) is 0.419. The van der Waals surface area contributed by atoms with Gasteiger partial charge in [0.05, 0.1) is 11.6 Å². The summed E-state index contributed by atoms with van der Waals surface area (Å²) in [5, 5.41) is 36.4. The number of hydrogen-bond acceptors (Lipinski definition) is 6. The van der Waals surface area contributed by atoms with Gasteiger partial charge in [-0.25, -0.2) is 4.79 Å². The Kier molecular flexibility index (Phi) is 5.38. The van der Waals surface area contributed by atoms with Crippen LogP contribution in [0.25, 0.3) is 0 Å². The van der Waals surface area contributed by atoms with Crippen LogP contribution in [0, 0.1) is 11.3 Å². The third kappa shape index (κ3) is 4.59. The Balaban J connectivity index is 2.22. The van der Waals surface area contributed by atoms with Crippen LogP contribution < -0.4 is 4.74 Å². The van der Waals surface area contributed by atoms with Gasteiger partial charge in [0.25, 0.3) is 0 Å². The molecule has 0 aliphatic carbocycles. The van der Waals surface area contributed by atoms with Crippen molar-refractivity contribution in [3.8, 4) is 17.6 Å². The summed E-state index contributed by atoms with van der Waals surface area (Å²) in [5.41, 5.74) is 1.01. The van der Waals surface area contributed by atoms with Gasteiger partial charge in [0.1, 0.15) is 18.1 Å². The van der Waals surface area contributed by atoms with Crippen LogP contribution >= 0.6 is 0 Å². The Morgan fingerprint density at radius 2 is 1.88 bits per heavy atom. The maximum absolute atomic E-state index is 11.9.